The van der Waals surface area contributed by atoms with E-state index >= 15 is 0 Å². The average Bonchev–Trinajstić information content (AvgIpc) is 2.08. The van der Waals surface area contributed by atoms with E-state index in [4.69, 9.17) is 0 Å². The number of allylic oxidation sites excluding steroid dienone is 2. The summed E-state index contributed by atoms with van der Waals surface area (Å²) in [6.45, 7) is 9.60. The fourth-order valence-corrected chi connectivity index (χ4v) is 1.04. The van der Waals surface area contributed by atoms with Gasteiger partial charge in [0.15, 0.2) is 0 Å². The number of aromatic hydroxyl groups is 1. The van der Waals surface area contributed by atoms with Gasteiger partial charge in [-0.05, 0) is 24.1 Å². The molecule has 0 spiro atoms. The van der Waals surface area contributed by atoms with Crippen LogP contribution in [0.2, 0.25) is 0 Å². The van der Waals surface area contributed by atoms with Crippen LogP contribution in [0.4, 0.5) is 0 Å². The Balaban J connectivity index is 2.81. The lowest BCUT2D eigenvalue weighted by Crippen LogP contribution is -1.90. The number of hydrogen-bond donors (Lipinski definition) is 1. The molecular formula is C12H14O. The molecule has 0 aliphatic heterocycles. The third-order valence-corrected chi connectivity index (χ3v) is 2.00. The van der Waals surface area contributed by atoms with Crippen LogP contribution in [0, 0.1) is 0 Å². The van der Waals surface area contributed by atoms with Crippen molar-refractivity contribution in [2.24, 2.45) is 0 Å². The summed E-state index contributed by atoms with van der Waals surface area (Å²) in [5.74, 6) is 0.324. The maximum atomic E-state index is 9.47. The summed E-state index contributed by atoms with van der Waals surface area (Å²) in [6, 6.07) is 7.29. The van der Waals surface area contributed by atoms with E-state index in [1.807, 2.05) is 25.1 Å². The Morgan fingerprint density at radius 2 is 1.92 bits per heavy atom. The molecular weight excluding hydrogens is 160 g/mol. The molecule has 1 aromatic rings. The zero-order valence-corrected chi connectivity index (χ0v) is 7.88. The summed E-state index contributed by atoms with van der Waals surface area (Å²) in [5.41, 5.74) is 2.82. The number of rotatable bonds is 3. The highest BCUT2D eigenvalue weighted by molar-refractivity contribution is 5.38. The molecule has 68 valence electrons. The van der Waals surface area contributed by atoms with Gasteiger partial charge in [0.1, 0.15) is 5.75 Å². The highest BCUT2D eigenvalue weighted by Crippen LogP contribution is 2.20. The lowest BCUT2D eigenvalue weighted by molar-refractivity contribution is 0.469. The van der Waals surface area contributed by atoms with Gasteiger partial charge in [-0.3, -0.25) is 0 Å². The summed E-state index contributed by atoms with van der Waals surface area (Å²) in [6.07, 6.45) is 0.669. The Kier molecular flexibility index (Phi) is 2.91. The minimum absolute atomic E-state index is 0.324. The van der Waals surface area contributed by atoms with Crippen LogP contribution in [0.1, 0.15) is 12.5 Å². The van der Waals surface area contributed by atoms with Crippen molar-refractivity contribution >= 4 is 0 Å². The summed E-state index contributed by atoms with van der Waals surface area (Å²) in [7, 11) is 0. The lowest BCUT2D eigenvalue weighted by atomic mass is 10.0. The van der Waals surface area contributed by atoms with Gasteiger partial charge in [-0.1, -0.05) is 36.9 Å². The molecule has 0 saturated carbocycles. The first kappa shape index (κ1) is 9.59. The van der Waals surface area contributed by atoms with Gasteiger partial charge in [-0.15, -0.1) is 0 Å². The highest BCUT2D eigenvalue weighted by Gasteiger charge is 2.01. The lowest BCUT2D eigenvalue weighted by Gasteiger charge is -2.06. The monoisotopic (exact) mass is 174 g/mol. The molecule has 1 heteroatoms. The van der Waals surface area contributed by atoms with Crippen LogP contribution in [-0.2, 0) is 6.42 Å². The number of phenolic OH excluding ortho intramolecular Hbond substituents is 1. The summed E-state index contributed by atoms with van der Waals surface area (Å²) < 4.78 is 0. The van der Waals surface area contributed by atoms with Crippen molar-refractivity contribution in [3.05, 3.63) is 54.1 Å². The summed E-state index contributed by atoms with van der Waals surface area (Å²) in [4.78, 5) is 0. The van der Waals surface area contributed by atoms with E-state index < -0.39 is 0 Å². The smallest absolute Gasteiger partial charge is 0.119 e. The molecule has 0 aliphatic rings. The van der Waals surface area contributed by atoms with E-state index in [1.165, 1.54) is 0 Å². The molecule has 1 nitrogen and oxygen atoms in total. The molecule has 0 aliphatic carbocycles. The fourth-order valence-electron chi connectivity index (χ4n) is 1.04. The molecule has 0 saturated heterocycles. The first-order chi connectivity index (χ1) is 6.11. The number of hydrogen-bond acceptors (Lipinski definition) is 1. The molecule has 0 atom stereocenters. The second-order valence-corrected chi connectivity index (χ2v) is 3.19. The molecule has 0 fully saturated rings. The molecule has 0 heterocycles. The van der Waals surface area contributed by atoms with E-state index in [0.29, 0.717) is 12.2 Å². The van der Waals surface area contributed by atoms with Crippen molar-refractivity contribution in [3.8, 4) is 5.75 Å². The SMILES string of the molecule is C=C(C)C(=C)Cc1ccccc1O. The Hall–Kier alpha value is -1.50. The Morgan fingerprint density at radius 3 is 2.46 bits per heavy atom. The maximum Gasteiger partial charge on any atom is 0.119 e. The quantitative estimate of drug-likeness (QED) is 0.698. The van der Waals surface area contributed by atoms with E-state index in [9.17, 15) is 5.11 Å². The maximum absolute atomic E-state index is 9.47. The second-order valence-electron chi connectivity index (χ2n) is 3.19. The molecule has 0 amide bonds. The molecule has 0 bridgehead atoms. The second kappa shape index (κ2) is 3.94. The van der Waals surface area contributed by atoms with Crippen LogP contribution < -0.4 is 0 Å². The molecule has 1 aromatic carbocycles. The van der Waals surface area contributed by atoms with Crippen LogP contribution in [0.15, 0.2) is 48.6 Å². The molecule has 0 aromatic heterocycles. The average molecular weight is 174 g/mol. The van der Waals surface area contributed by atoms with Crippen molar-refractivity contribution in [1.82, 2.24) is 0 Å². The molecule has 13 heavy (non-hydrogen) atoms. The molecule has 0 unspecified atom stereocenters. The van der Waals surface area contributed by atoms with Crippen LogP contribution >= 0.6 is 0 Å². The highest BCUT2D eigenvalue weighted by atomic mass is 16.3. The van der Waals surface area contributed by atoms with Crippen molar-refractivity contribution in [3.63, 3.8) is 0 Å². The van der Waals surface area contributed by atoms with Gasteiger partial charge >= 0.3 is 0 Å². The number of phenols is 1. The van der Waals surface area contributed by atoms with E-state index in [2.05, 4.69) is 13.2 Å². The third-order valence-electron chi connectivity index (χ3n) is 2.00. The predicted molar refractivity (Wildman–Crippen MR) is 55.8 cm³/mol. The van der Waals surface area contributed by atoms with E-state index in [1.54, 1.807) is 6.07 Å². The topological polar surface area (TPSA) is 20.2 Å². The Labute approximate surface area is 79.0 Å². The van der Waals surface area contributed by atoms with Gasteiger partial charge in [0.05, 0.1) is 0 Å². The van der Waals surface area contributed by atoms with Crippen molar-refractivity contribution in [2.75, 3.05) is 0 Å². The molecule has 1 N–H and O–H groups in total. The predicted octanol–water partition coefficient (Wildman–Crippen LogP) is 3.07. The zero-order chi connectivity index (χ0) is 9.84. The summed E-state index contributed by atoms with van der Waals surface area (Å²) >= 11 is 0. The van der Waals surface area contributed by atoms with Crippen molar-refractivity contribution < 1.29 is 5.11 Å². The van der Waals surface area contributed by atoms with Crippen LogP contribution in [0.3, 0.4) is 0 Å². The first-order valence-corrected chi connectivity index (χ1v) is 4.22. The van der Waals surface area contributed by atoms with E-state index in [-0.39, 0.29) is 0 Å². The molecule has 1 rings (SSSR count). The van der Waals surface area contributed by atoms with Gasteiger partial charge in [-0.2, -0.15) is 0 Å². The fraction of sp³-hybridized carbons (Fsp3) is 0.167. The van der Waals surface area contributed by atoms with Crippen molar-refractivity contribution in [2.45, 2.75) is 13.3 Å². The van der Waals surface area contributed by atoms with Crippen LogP contribution in [0.5, 0.6) is 5.75 Å². The number of para-hydroxylation sites is 1. The summed E-state index contributed by atoms with van der Waals surface area (Å²) in [5, 5.41) is 9.47. The Morgan fingerprint density at radius 1 is 1.31 bits per heavy atom. The largest absolute Gasteiger partial charge is 0.508 e. The van der Waals surface area contributed by atoms with Gasteiger partial charge in [-0.25, -0.2) is 0 Å². The van der Waals surface area contributed by atoms with E-state index in [0.717, 1.165) is 16.7 Å². The minimum Gasteiger partial charge on any atom is -0.508 e. The van der Waals surface area contributed by atoms with Crippen LogP contribution in [-0.4, -0.2) is 5.11 Å². The Bertz CT molecular complexity index is 337. The van der Waals surface area contributed by atoms with Crippen molar-refractivity contribution in [1.29, 1.82) is 0 Å². The first-order valence-electron chi connectivity index (χ1n) is 4.22. The normalized spacial score (nSPS) is 9.62. The minimum atomic E-state index is 0.324. The van der Waals surface area contributed by atoms with Gasteiger partial charge in [0.2, 0.25) is 0 Å². The third kappa shape index (κ3) is 2.48. The van der Waals surface area contributed by atoms with Gasteiger partial charge in [0.25, 0.3) is 0 Å². The molecule has 0 radical (unpaired) electrons. The van der Waals surface area contributed by atoms with Gasteiger partial charge < -0.3 is 5.11 Å². The van der Waals surface area contributed by atoms with Crippen LogP contribution in [0.25, 0.3) is 0 Å². The number of benzene rings is 1. The van der Waals surface area contributed by atoms with Gasteiger partial charge in [0, 0.05) is 6.42 Å². The zero-order valence-electron chi connectivity index (χ0n) is 7.88. The standard InChI is InChI=1S/C12H14O/c1-9(2)10(3)8-11-6-4-5-7-12(11)13/h4-7,13H,1,3,8H2,2H3.